The number of piperazine rings is 1. The van der Waals surface area contributed by atoms with E-state index in [-0.39, 0.29) is 6.04 Å². The van der Waals surface area contributed by atoms with Crippen LogP contribution in [-0.4, -0.2) is 88.6 Å². The molecular weight excluding hydrogens is 428 g/mol. The maximum atomic E-state index is 6.14. The molecule has 7 heteroatoms. The highest BCUT2D eigenvalue weighted by atomic mass is 16.5. The Kier molecular flexibility index (Phi) is 11.5. The van der Waals surface area contributed by atoms with E-state index in [0.29, 0.717) is 6.61 Å². The zero-order valence-corrected chi connectivity index (χ0v) is 21.6. The minimum atomic E-state index is 0.278. The molecule has 0 radical (unpaired) electrons. The van der Waals surface area contributed by atoms with Crippen molar-refractivity contribution in [2.75, 3.05) is 72.7 Å². The molecule has 0 bridgehead atoms. The van der Waals surface area contributed by atoms with E-state index in [2.05, 4.69) is 53.0 Å². The molecule has 1 aromatic carbocycles. The second-order valence-electron chi connectivity index (χ2n) is 9.64. The summed E-state index contributed by atoms with van der Waals surface area (Å²) >= 11 is 0. The highest BCUT2D eigenvalue weighted by Crippen LogP contribution is 2.29. The van der Waals surface area contributed by atoms with Gasteiger partial charge in [-0.3, -0.25) is 9.80 Å². The number of benzene rings is 1. The molecule has 0 spiro atoms. The van der Waals surface area contributed by atoms with Crippen molar-refractivity contribution >= 4 is 0 Å². The lowest BCUT2D eigenvalue weighted by atomic mass is 10.0. The van der Waals surface area contributed by atoms with Crippen molar-refractivity contribution in [3.05, 3.63) is 36.0 Å². The molecule has 2 N–H and O–H groups in total. The Morgan fingerprint density at radius 1 is 1.24 bits per heavy atom. The summed E-state index contributed by atoms with van der Waals surface area (Å²) in [4.78, 5) is 4.87. The fraction of sp³-hybridized carbons (Fsp3) is 0.704. The van der Waals surface area contributed by atoms with Crippen LogP contribution in [0, 0.1) is 5.92 Å². The van der Waals surface area contributed by atoms with Crippen molar-refractivity contribution < 1.29 is 14.2 Å². The first-order valence-corrected chi connectivity index (χ1v) is 13.1. The summed E-state index contributed by atoms with van der Waals surface area (Å²) in [6.45, 7) is 18.9. The number of hydrogen-bond acceptors (Lipinski definition) is 7. The Balaban J connectivity index is 1.46. The van der Waals surface area contributed by atoms with Crippen LogP contribution in [0.2, 0.25) is 0 Å². The van der Waals surface area contributed by atoms with Crippen LogP contribution in [0.1, 0.15) is 38.7 Å². The number of ether oxygens (including phenoxy) is 3. The summed E-state index contributed by atoms with van der Waals surface area (Å²) < 4.78 is 17.1. The fourth-order valence-electron chi connectivity index (χ4n) is 4.51. The highest BCUT2D eigenvalue weighted by molar-refractivity contribution is 5.43. The standard InChI is InChI=1S/C27H46N4O3/c1-5-22(2)7-6-10-28-23(3)25-21-31(12-11-29-25)20-24-8-9-26(32-4)27(19-24)34-18-15-30-13-16-33-17-14-30/h8-9,19,22,25,28-29H,3,5-7,10-18,20-21H2,1-2,4H3. The van der Waals surface area contributed by atoms with Gasteiger partial charge in [-0.2, -0.15) is 0 Å². The molecular formula is C27H46N4O3. The molecule has 0 amide bonds. The van der Waals surface area contributed by atoms with E-state index in [1.165, 1.54) is 24.8 Å². The third kappa shape index (κ3) is 8.77. The van der Waals surface area contributed by atoms with Gasteiger partial charge in [-0.25, -0.2) is 0 Å². The van der Waals surface area contributed by atoms with E-state index in [1.54, 1.807) is 7.11 Å². The Morgan fingerprint density at radius 3 is 2.82 bits per heavy atom. The topological polar surface area (TPSA) is 58.2 Å². The van der Waals surface area contributed by atoms with Gasteiger partial charge in [-0.1, -0.05) is 32.9 Å². The van der Waals surface area contributed by atoms with Crippen LogP contribution >= 0.6 is 0 Å². The first kappa shape index (κ1) is 26.8. The summed E-state index contributed by atoms with van der Waals surface area (Å²) in [5.74, 6) is 2.42. The number of nitrogens with zero attached hydrogens (tertiary/aromatic N) is 2. The van der Waals surface area contributed by atoms with Gasteiger partial charge in [0.05, 0.1) is 26.4 Å². The zero-order chi connectivity index (χ0) is 24.2. The second kappa shape index (κ2) is 14.6. The molecule has 2 aliphatic rings. The smallest absolute Gasteiger partial charge is 0.161 e. The first-order valence-electron chi connectivity index (χ1n) is 13.1. The van der Waals surface area contributed by atoms with Crippen molar-refractivity contribution in [1.29, 1.82) is 0 Å². The number of methoxy groups -OCH3 is 1. The van der Waals surface area contributed by atoms with Crippen molar-refractivity contribution in [3.8, 4) is 11.5 Å². The first-order chi connectivity index (χ1) is 16.6. The Hall–Kier alpha value is -1.80. The average Bonchev–Trinajstić information content (AvgIpc) is 2.87. The summed E-state index contributed by atoms with van der Waals surface area (Å²) in [6, 6.07) is 6.58. The molecule has 1 aromatic rings. The van der Waals surface area contributed by atoms with Crippen LogP contribution in [-0.2, 0) is 11.3 Å². The lowest BCUT2D eigenvalue weighted by molar-refractivity contribution is 0.0321. The Morgan fingerprint density at radius 2 is 2.06 bits per heavy atom. The van der Waals surface area contributed by atoms with Gasteiger partial charge in [0.2, 0.25) is 0 Å². The molecule has 0 saturated carbocycles. The van der Waals surface area contributed by atoms with Crippen LogP contribution < -0.4 is 20.1 Å². The van der Waals surface area contributed by atoms with Crippen molar-refractivity contribution in [1.82, 2.24) is 20.4 Å². The lowest BCUT2D eigenvalue weighted by Gasteiger charge is -2.35. The molecule has 7 nitrogen and oxygen atoms in total. The van der Waals surface area contributed by atoms with Crippen LogP contribution in [0.5, 0.6) is 11.5 Å². The zero-order valence-electron chi connectivity index (χ0n) is 21.6. The predicted octanol–water partition coefficient (Wildman–Crippen LogP) is 3.11. The van der Waals surface area contributed by atoms with Gasteiger partial charge in [0, 0.05) is 58.1 Å². The van der Waals surface area contributed by atoms with Gasteiger partial charge in [0.1, 0.15) is 6.61 Å². The molecule has 192 valence electrons. The summed E-state index contributed by atoms with van der Waals surface area (Å²) in [5.41, 5.74) is 2.35. The number of morpholine rings is 1. The van der Waals surface area contributed by atoms with Gasteiger partial charge in [0.15, 0.2) is 11.5 Å². The summed E-state index contributed by atoms with van der Waals surface area (Å²) in [5, 5.41) is 7.18. The van der Waals surface area contributed by atoms with Gasteiger partial charge >= 0.3 is 0 Å². The molecule has 0 aromatic heterocycles. The van der Waals surface area contributed by atoms with Crippen LogP contribution in [0.25, 0.3) is 0 Å². The maximum absolute atomic E-state index is 6.14. The van der Waals surface area contributed by atoms with E-state index in [0.717, 1.165) is 88.7 Å². The molecule has 2 fully saturated rings. The monoisotopic (exact) mass is 474 g/mol. The minimum absolute atomic E-state index is 0.278. The number of hydrogen-bond donors (Lipinski definition) is 2. The normalized spacial score (nSPS) is 20.6. The molecule has 2 saturated heterocycles. The summed E-state index contributed by atoms with van der Waals surface area (Å²) in [6.07, 6.45) is 3.73. The minimum Gasteiger partial charge on any atom is -0.493 e. The van der Waals surface area contributed by atoms with Crippen LogP contribution in [0.15, 0.2) is 30.5 Å². The predicted molar refractivity (Wildman–Crippen MR) is 139 cm³/mol. The van der Waals surface area contributed by atoms with Crippen molar-refractivity contribution in [2.45, 2.75) is 45.7 Å². The highest BCUT2D eigenvalue weighted by Gasteiger charge is 2.22. The fourth-order valence-corrected chi connectivity index (χ4v) is 4.51. The third-order valence-electron chi connectivity index (χ3n) is 7.01. The number of rotatable bonds is 14. The molecule has 2 atom stereocenters. The van der Waals surface area contributed by atoms with E-state index >= 15 is 0 Å². The SMILES string of the molecule is C=C(NCCCC(C)CC)C1CN(Cc2ccc(OC)c(OCCN3CCOCC3)c2)CCN1. The Bertz CT molecular complexity index is 739. The molecule has 3 rings (SSSR count). The quantitative estimate of drug-likeness (QED) is 0.402. The Labute approximate surface area is 206 Å². The van der Waals surface area contributed by atoms with Gasteiger partial charge in [0.25, 0.3) is 0 Å². The van der Waals surface area contributed by atoms with Crippen molar-refractivity contribution in [3.63, 3.8) is 0 Å². The molecule has 0 aliphatic carbocycles. The largest absolute Gasteiger partial charge is 0.493 e. The number of nitrogens with one attached hydrogen (secondary N) is 2. The lowest BCUT2D eigenvalue weighted by Crippen LogP contribution is -2.52. The van der Waals surface area contributed by atoms with E-state index < -0.39 is 0 Å². The molecule has 2 heterocycles. The van der Waals surface area contributed by atoms with Crippen LogP contribution in [0.4, 0.5) is 0 Å². The van der Waals surface area contributed by atoms with E-state index in [4.69, 9.17) is 14.2 Å². The van der Waals surface area contributed by atoms with Gasteiger partial charge in [-0.05, 0) is 36.5 Å². The van der Waals surface area contributed by atoms with Gasteiger partial charge in [-0.15, -0.1) is 0 Å². The molecule has 34 heavy (non-hydrogen) atoms. The molecule has 2 aliphatic heterocycles. The molecule has 2 unspecified atom stereocenters. The van der Waals surface area contributed by atoms with E-state index in [1.807, 2.05) is 6.07 Å². The van der Waals surface area contributed by atoms with Gasteiger partial charge < -0.3 is 24.8 Å². The van der Waals surface area contributed by atoms with Crippen LogP contribution in [0.3, 0.4) is 0 Å². The summed E-state index contributed by atoms with van der Waals surface area (Å²) in [7, 11) is 1.70. The second-order valence-corrected chi connectivity index (χ2v) is 9.64. The maximum Gasteiger partial charge on any atom is 0.161 e. The van der Waals surface area contributed by atoms with E-state index in [9.17, 15) is 0 Å². The third-order valence-corrected chi connectivity index (χ3v) is 7.01. The average molecular weight is 475 g/mol. The van der Waals surface area contributed by atoms with Crippen molar-refractivity contribution in [2.24, 2.45) is 5.92 Å².